The minimum absolute atomic E-state index is 0.632. The molecule has 1 aliphatic carbocycles. The van der Waals surface area contributed by atoms with E-state index >= 15 is 0 Å². The van der Waals surface area contributed by atoms with Crippen LogP contribution in [-0.2, 0) is 0 Å². The maximum atomic E-state index is 8.74. The molecular formula is C10H17N3. The second kappa shape index (κ2) is 2.97. The van der Waals surface area contributed by atoms with Crippen LogP contribution in [-0.4, -0.2) is 30.1 Å². The lowest BCUT2D eigenvalue weighted by Crippen LogP contribution is -2.38. The molecule has 1 saturated heterocycles. The Bertz CT molecular complexity index is 231. The zero-order valence-electron chi connectivity index (χ0n) is 8.16. The summed E-state index contributed by atoms with van der Waals surface area (Å²) in [5, 5.41) is 8.74. The van der Waals surface area contributed by atoms with Gasteiger partial charge in [-0.15, -0.1) is 0 Å². The number of nitrogens with two attached hydrogens (primary N) is 1. The Labute approximate surface area is 79.5 Å². The summed E-state index contributed by atoms with van der Waals surface area (Å²) in [6.07, 6.45) is 2.23. The van der Waals surface area contributed by atoms with Gasteiger partial charge in [0.2, 0.25) is 0 Å². The lowest BCUT2D eigenvalue weighted by atomic mass is 10.0. The summed E-state index contributed by atoms with van der Waals surface area (Å²) in [6.45, 7) is 5.29. The van der Waals surface area contributed by atoms with Crippen LogP contribution in [0.5, 0.6) is 0 Å². The van der Waals surface area contributed by atoms with Crippen molar-refractivity contribution in [2.75, 3.05) is 19.6 Å². The van der Waals surface area contributed by atoms with Crippen molar-refractivity contribution in [1.82, 2.24) is 4.90 Å². The van der Waals surface area contributed by atoms with Crippen LogP contribution >= 0.6 is 0 Å². The Morgan fingerprint density at radius 3 is 2.69 bits per heavy atom. The van der Waals surface area contributed by atoms with Crippen LogP contribution in [0.3, 0.4) is 0 Å². The van der Waals surface area contributed by atoms with Crippen molar-refractivity contribution in [3.05, 3.63) is 0 Å². The van der Waals surface area contributed by atoms with Crippen LogP contribution in [0.25, 0.3) is 0 Å². The van der Waals surface area contributed by atoms with E-state index in [2.05, 4.69) is 11.0 Å². The third-order valence-corrected chi connectivity index (χ3v) is 3.26. The second-order valence-corrected chi connectivity index (χ2v) is 4.79. The zero-order chi connectivity index (χ0) is 9.47. The first-order valence-corrected chi connectivity index (χ1v) is 5.03. The minimum Gasteiger partial charge on any atom is -0.314 e. The van der Waals surface area contributed by atoms with Gasteiger partial charge in [-0.1, -0.05) is 0 Å². The molecule has 0 radical (unpaired) electrons. The molecule has 3 nitrogen and oxygen atoms in total. The summed E-state index contributed by atoms with van der Waals surface area (Å²) in [5.74, 6) is 1.96. The van der Waals surface area contributed by atoms with Crippen LogP contribution in [0, 0.1) is 23.2 Å². The Hall–Kier alpha value is -0.590. The van der Waals surface area contributed by atoms with E-state index in [0.29, 0.717) is 0 Å². The monoisotopic (exact) mass is 179 g/mol. The minimum atomic E-state index is -0.632. The van der Waals surface area contributed by atoms with E-state index in [0.717, 1.165) is 24.8 Å². The fourth-order valence-corrected chi connectivity index (χ4v) is 2.12. The predicted octanol–water partition coefficient (Wildman–Crippen LogP) is 0.569. The standard InChI is InChI=1S/C10H17N3/c1-10(12,7-11)2-3-13-5-8-4-9(8)6-13/h8-9H,2-6,12H2,1H3. The maximum Gasteiger partial charge on any atom is 0.102 e. The van der Waals surface area contributed by atoms with E-state index in [1.165, 1.54) is 19.5 Å². The largest absolute Gasteiger partial charge is 0.314 e. The van der Waals surface area contributed by atoms with Gasteiger partial charge in [0.1, 0.15) is 5.54 Å². The Balaban J connectivity index is 1.71. The van der Waals surface area contributed by atoms with Crippen molar-refractivity contribution >= 4 is 0 Å². The molecule has 0 amide bonds. The van der Waals surface area contributed by atoms with Gasteiger partial charge in [-0.2, -0.15) is 5.26 Å². The fraction of sp³-hybridized carbons (Fsp3) is 0.900. The van der Waals surface area contributed by atoms with Gasteiger partial charge in [0.15, 0.2) is 0 Å². The lowest BCUT2D eigenvalue weighted by molar-refractivity contribution is 0.282. The number of hydrogen-bond acceptors (Lipinski definition) is 3. The van der Waals surface area contributed by atoms with Gasteiger partial charge in [0.25, 0.3) is 0 Å². The molecule has 2 rings (SSSR count). The summed E-state index contributed by atoms with van der Waals surface area (Å²) < 4.78 is 0. The van der Waals surface area contributed by atoms with Crippen molar-refractivity contribution in [2.24, 2.45) is 17.6 Å². The number of rotatable bonds is 3. The molecule has 1 heterocycles. The Morgan fingerprint density at radius 2 is 2.15 bits per heavy atom. The highest BCUT2D eigenvalue weighted by atomic mass is 15.2. The zero-order valence-corrected chi connectivity index (χ0v) is 8.16. The Kier molecular flexibility index (Phi) is 2.05. The van der Waals surface area contributed by atoms with E-state index in [4.69, 9.17) is 11.0 Å². The molecular weight excluding hydrogens is 162 g/mol. The summed E-state index contributed by atoms with van der Waals surface area (Å²) in [5.41, 5.74) is 5.12. The van der Waals surface area contributed by atoms with Gasteiger partial charge >= 0.3 is 0 Å². The van der Waals surface area contributed by atoms with Gasteiger partial charge in [-0.05, 0) is 31.6 Å². The molecule has 0 bridgehead atoms. The maximum absolute atomic E-state index is 8.74. The highest BCUT2D eigenvalue weighted by Crippen LogP contribution is 2.44. The van der Waals surface area contributed by atoms with Crippen molar-refractivity contribution in [2.45, 2.75) is 25.3 Å². The van der Waals surface area contributed by atoms with E-state index in [1.807, 2.05) is 6.92 Å². The second-order valence-electron chi connectivity index (χ2n) is 4.79. The SMILES string of the molecule is CC(N)(C#N)CCN1CC2CC2C1. The normalized spacial score (nSPS) is 36.4. The van der Waals surface area contributed by atoms with Crippen molar-refractivity contribution in [1.29, 1.82) is 5.26 Å². The summed E-state index contributed by atoms with van der Waals surface area (Å²) >= 11 is 0. The average Bonchev–Trinajstić information content (AvgIpc) is 2.71. The van der Waals surface area contributed by atoms with Crippen LogP contribution in [0.2, 0.25) is 0 Å². The number of fused-ring (bicyclic) bond motifs is 1. The molecule has 3 atom stereocenters. The van der Waals surface area contributed by atoms with Gasteiger partial charge in [0, 0.05) is 19.6 Å². The molecule has 72 valence electrons. The van der Waals surface area contributed by atoms with E-state index in [1.54, 1.807) is 0 Å². The van der Waals surface area contributed by atoms with Crippen LogP contribution in [0.4, 0.5) is 0 Å². The predicted molar refractivity (Wildman–Crippen MR) is 50.9 cm³/mol. The molecule has 3 heteroatoms. The molecule has 2 fully saturated rings. The number of nitriles is 1. The van der Waals surface area contributed by atoms with Gasteiger partial charge < -0.3 is 10.6 Å². The first-order chi connectivity index (χ1) is 6.11. The van der Waals surface area contributed by atoms with Crippen LogP contribution in [0.1, 0.15) is 19.8 Å². The molecule has 3 unspecified atom stereocenters. The molecule has 1 saturated carbocycles. The summed E-state index contributed by atoms with van der Waals surface area (Å²) in [4.78, 5) is 2.45. The van der Waals surface area contributed by atoms with Crippen LogP contribution < -0.4 is 5.73 Å². The summed E-state index contributed by atoms with van der Waals surface area (Å²) in [7, 11) is 0. The first kappa shape index (κ1) is 8.98. The molecule has 13 heavy (non-hydrogen) atoms. The molecule has 0 spiro atoms. The first-order valence-electron chi connectivity index (χ1n) is 5.03. The molecule has 0 aromatic heterocycles. The number of likely N-dealkylation sites (tertiary alicyclic amines) is 1. The van der Waals surface area contributed by atoms with Gasteiger partial charge in [-0.3, -0.25) is 0 Å². The molecule has 0 aromatic carbocycles. The smallest absolute Gasteiger partial charge is 0.102 e. The fourth-order valence-electron chi connectivity index (χ4n) is 2.12. The molecule has 0 aromatic rings. The van der Waals surface area contributed by atoms with E-state index < -0.39 is 5.54 Å². The van der Waals surface area contributed by atoms with Crippen molar-refractivity contribution in [3.63, 3.8) is 0 Å². The molecule has 2 aliphatic rings. The van der Waals surface area contributed by atoms with Crippen molar-refractivity contribution < 1.29 is 0 Å². The van der Waals surface area contributed by atoms with Crippen LogP contribution in [0.15, 0.2) is 0 Å². The topological polar surface area (TPSA) is 53.1 Å². The molecule has 2 N–H and O–H groups in total. The van der Waals surface area contributed by atoms with Gasteiger partial charge in [-0.25, -0.2) is 0 Å². The summed E-state index contributed by atoms with van der Waals surface area (Å²) in [6, 6.07) is 2.14. The third kappa shape index (κ3) is 2.01. The average molecular weight is 179 g/mol. The highest BCUT2D eigenvalue weighted by Gasteiger charge is 2.44. The molecule has 1 aliphatic heterocycles. The highest BCUT2D eigenvalue weighted by molar-refractivity contribution is 5.02. The quantitative estimate of drug-likeness (QED) is 0.689. The number of hydrogen-bond donors (Lipinski definition) is 1. The number of piperidine rings is 1. The van der Waals surface area contributed by atoms with E-state index in [-0.39, 0.29) is 0 Å². The van der Waals surface area contributed by atoms with Gasteiger partial charge in [0.05, 0.1) is 6.07 Å². The third-order valence-electron chi connectivity index (χ3n) is 3.26. The van der Waals surface area contributed by atoms with E-state index in [9.17, 15) is 0 Å². The Morgan fingerprint density at radius 1 is 1.54 bits per heavy atom. The van der Waals surface area contributed by atoms with Crippen molar-refractivity contribution in [3.8, 4) is 6.07 Å². The number of nitrogens with zero attached hydrogens (tertiary/aromatic N) is 2. The lowest BCUT2D eigenvalue weighted by Gasteiger charge is -2.22.